The van der Waals surface area contributed by atoms with Gasteiger partial charge in [0.2, 0.25) is 17.9 Å². The number of nitrogens with one attached hydrogen (secondary N) is 2. The fourth-order valence-electron chi connectivity index (χ4n) is 9.89. The van der Waals surface area contributed by atoms with Gasteiger partial charge in [-0.05, 0) is 62.4 Å². The third-order valence-corrected chi connectivity index (χ3v) is 13.2. The van der Waals surface area contributed by atoms with Crippen LogP contribution in [0.3, 0.4) is 0 Å². The molecule has 2 aromatic heterocycles. The van der Waals surface area contributed by atoms with E-state index in [2.05, 4.69) is 59.3 Å². The number of ether oxygens (including phenoxy) is 2. The van der Waals surface area contributed by atoms with E-state index in [1.165, 1.54) is 6.07 Å². The highest BCUT2D eigenvalue weighted by Crippen LogP contribution is 2.56. The number of alkyl halides is 1. The Morgan fingerprint density at radius 2 is 1.80 bits per heavy atom. The summed E-state index contributed by atoms with van der Waals surface area (Å²) < 4.78 is 14.5. The molecule has 5 amide bonds. The highest BCUT2D eigenvalue weighted by Gasteiger charge is 2.64. The second-order valence-corrected chi connectivity index (χ2v) is 18.1. The van der Waals surface area contributed by atoms with Gasteiger partial charge in [0, 0.05) is 60.8 Å². The minimum absolute atomic E-state index is 0.00719. The first kappa shape index (κ1) is 40.4. The molecule has 310 valence electrons. The van der Waals surface area contributed by atoms with Crippen LogP contribution in [0.1, 0.15) is 115 Å². The number of piperidine rings is 1. The first-order chi connectivity index (χ1) is 28.1. The Kier molecular flexibility index (Phi) is 10.8. The first-order valence-electron chi connectivity index (χ1n) is 20.4. The summed E-state index contributed by atoms with van der Waals surface area (Å²) in [6, 6.07) is 7.15. The number of fused-ring (bicyclic) bond motifs is 2. The predicted molar refractivity (Wildman–Crippen MR) is 216 cm³/mol. The number of halogens is 1. The lowest BCUT2D eigenvalue weighted by Gasteiger charge is -2.64. The molecule has 0 spiro atoms. The Labute approximate surface area is 347 Å². The molecule has 59 heavy (non-hydrogen) atoms. The van der Waals surface area contributed by atoms with Crippen molar-refractivity contribution >= 4 is 47.0 Å². The van der Waals surface area contributed by atoms with Gasteiger partial charge in [-0.15, -0.1) is 11.6 Å². The number of hydrogen-bond acceptors (Lipinski definition) is 10. The smallest absolute Gasteiger partial charge is 0.262 e. The average molecular weight is 825 g/mol. The zero-order valence-electron chi connectivity index (χ0n) is 33.7. The van der Waals surface area contributed by atoms with Gasteiger partial charge in [-0.1, -0.05) is 27.7 Å². The summed E-state index contributed by atoms with van der Waals surface area (Å²) in [5.74, 6) is -1.12. The Hall–Kier alpha value is -5.33. The molecule has 8 rings (SSSR count). The molecule has 4 atom stereocenters. The van der Waals surface area contributed by atoms with Crippen molar-refractivity contribution in [3.63, 3.8) is 0 Å². The highest BCUT2D eigenvalue weighted by atomic mass is 35.5. The number of imide groups is 2. The van der Waals surface area contributed by atoms with E-state index < -0.39 is 29.7 Å². The van der Waals surface area contributed by atoms with Crippen LogP contribution in [0.4, 0.5) is 5.82 Å². The molecule has 0 radical (unpaired) electrons. The van der Waals surface area contributed by atoms with Crippen LogP contribution in [0.15, 0.2) is 42.7 Å². The van der Waals surface area contributed by atoms with Crippen molar-refractivity contribution in [1.82, 2.24) is 30.3 Å². The van der Waals surface area contributed by atoms with E-state index in [1.807, 2.05) is 16.8 Å². The van der Waals surface area contributed by atoms with Gasteiger partial charge >= 0.3 is 0 Å². The molecule has 2 aliphatic carbocycles. The standard InChI is InChI=1S/C43H49ClN8O7/c1-42(2)40(43(3,4)41(42)59-27-10-12-31(45-5)30(44)19-27)48-36(54)24-8-14-34(46-20-24)50-21-25-22-51(49-32(25)23-50)16-6-7-17-58-26-9-11-28-29(18-26)39(57)52(38(28)56)33-13-15-35(53)47-37(33)55/h8-9,11,14,18,20,22,27,30-31,33,40-41H,6-7,10,12-13,15-17,19,21,23H2,1-4H3,(H,48,54)(H,47,53,55). The van der Waals surface area contributed by atoms with E-state index >= 15 is 0 Å². The summed E-state index contributed by atoms with van der Waals surface area (Å²) in [7, 11) is 0. The molecule has 5 heterocycles. The van der Waals surface area contributed by atoms with Crippen LogP contribution < -0.4 is 20.3 Å². The normalized spacial score (nSPS) is 26.8. The molecule has 16 heteroatoms. The molecule has 5 aliphatic rings. The number of amides is 5. The quantitative estimate of drug-likeness (QED) is 0.109. The number of aryl methyl sites for hydroxylation is 1. The molecule has 3 aromatic rings. The molecule has 0 bridgehead atoms. The van der Waals surface area contributed by atoms with Crippen molar-refractivity contribution < 1.29 is 33.4 Å². The SMILES string of the molecule is [C-]#[N+]C1CCC(OC2C(C)(C)C(NC(=O)c3ccc(N4Cc5cn(CCCCOc6ccc7c(c6)C(=O)N(C6CCC(=O)NC6=O)C7=O)nc5C4)nc3)C2(C)C)CC1Cl. The largest absolute Gasteiger partial charge is 0.494 e. The average Bonchev–Trinajstić information content (AvgIpc) is 3.85. The topological polar surface area (TPSA) is 169 Å². The maximum Gasteiger partial charge on any atom is 0.262 e. The predicted octanol–water partition coefficient (Wildman–Crippen LogP) is 5.06. The van der Waals surface area contributed by atoms with Crippen molar-refractivity contribution in [3.05, 3.63) is 82.1 Å². The van der Waals surface area contributed by atoms with E-state index in [1.54, 1.807) is 18.3 Å². The summed E-state index contributed by atoms with van der Waals surface area (Å²) in [5.41, 5.74) is 2.41. The van der Waals surface area contributed by atoms with Gasteiger partial charge in [0.15, 0.2) is 0 Å². The molecule has 3 fully saturated rings. The summed E-state index contributed by atoms with van der Waals surface area (Å²) in [4.78, 5) is 74.8. The number of carbonyl (C=O) groups excluding carboxylic acids is 5. The number of benzene rings is 1. The highest BCUT2D eigenvalue weighted by molar-refractivity contribution is 6.23. The third kappa shape index (κ3) is 7.57. The zero-order valence-corrected chi connectivity index (χ0v) is 34.5. The number of aromatic nitrogens is 3. The Morgan fingerprint density at radius 1 is 1.02 bits per heavy atom. The number of nitrogens with zero attached hydrogens (tertiary/aromatic N) is 6. The van der Waals surface area contributed by atoms with Crippen LogP contribution in [0.2, 0.25) is 0 Å². The maximum absolute atomic E-state index is 13.5. The fraction of sp³-hybridized carbons (Fsp3) is 0.535. The van der Waals surface area contributed by atoms with Gasteiger partial charge in [0.05, 0.1) is 47.7 Å². The Morgan fingerprint density at radius 3 is 2.49 bits per heavy atom. The summed E-state index contributed by atoms with van der Waals surface area (Å²) in [6.07, 6.45) is 7.57. The summed E-state index contributed by atoms with van der Waals surface area (Å²) in [5, 5.41) is 10.1. The maximum atomic E-state index is 13.5. The van der Waals surface area contributed by atoms with Gasteiger partial charge in [0.25, 0.3) is 17.7 Å². The van der Waals surface area contributed by atoms with Crippen molar-refractivity contribution in [2.24, 2.45) is 10.8 Å². The molecular formula is C43H49ClN8O7. The molecule has 4 unspecified atom stereocenters. The van der Waals surface area contributed by atoms with Crippen LogP contribution in [0.25, 0.3) is 4.85 Å². The summed E-state index contributed by atoms with van der Waals surface area (Å²) >= 11 is 6.49. The van der Waals surface area contributed by atoms with Gasteiger partial charge in [-0.3, -0.25) is 38.9 Å². The minimum atomic E-state index is -1.01. The van der Waals surface area contributed by atoms with Gasteiger partial charge in [0.1, 0.15) is 23.0 Å². The van der Waals surface area contributed by atoms with Crippen molar-refractivity contribution in [2.45, 2.75) is 128 Å². The Balaban J connectivity index is 0.774. The van der Waals surface area contributed by atoms with E-state index in [-0.39, 0.29) is 70.4 Å². The number of pyridine rings is 1. The first-order valence-corrected chi connectivity index (χ1v) is 20.8. The second-order valence-electron chi connectivity index (χ2n) is 17.5. The lowest BCUT2D eigenvalue weighted by molar-refractivity contribution is -0.231. The monoisotopic (exact) mass is 824 g/mol. The van der Waals surface area contributed by atoms with Crippen LogP contribution >= 0.6 is 11.6 Å². The van der Waals surface area contributed by atoms with Gasteiger partial charge < -0.3 is 24.5 Å². The molecule has 2 saturated carbocycles. The lowest BCUT2D eigenvalue weighted by Crippen LogP contribution is -2.74. The second kappa shape index (κ2) is 15.7. The number of unbranched alkanes of at least 4 members (excludes halogenated alkanes) is 1. The van der Waals surface area contributed by atoms with Gasteiger partial charge in [-0.25, -0.2) is 11.6 Å². The number of anilines is 1. The van der Waals surface area contributed by atoms with Crippen molar-refractivity contribution in [3.8, 4) is 5.75 Å². The molecule has 2 N–H and O–H groups in total. The fourth-order valence-corrected chi connectivity index (χ4v) is 10.3. The molecule has 15 nitrogen and oxygen atoms in total. The van der Waals surface area contributed by atoms with E-state index in [9.17, 15) is 24.0 Å². The minimum Gasteiger partial charge on any atom is -0.494 e. The molecule has 1 saturated heterocycles. The van der Waals surface area contributed by atoms with E-state index in [0.29, 0.717) is 44.0 Å². The Bertz CT molecular complexity index is 2190. The number of rotatable bonds is 12. The van der Waals surface area contributed by atoms with Crippen LogP contribution in [-0.4, -0.2) is 91.5 Å². The molecule has 3 aliphatic heterocycles. The molecule has 1 aromatic carbocycles. The van der Waals surface area contributed by atoms with E-state index in [0.717, 1.165) is 47.7 Å². The van der Waals surface area contributed by atoms with Crippen LogP contribution in [-0.2, 0) is 34.0 Å². The van der Waals surface area contributed by atoms with E-state index in [4.69, 9.17) is 32.7 Å². The number of hydrogen-bond donors (Lipinski definition) is 2. The van der Waals surface area contributed by atoms with Crippen molar-refractivity contribution in [1.29, 1.82) is 0 Å². The third-order valence-electron chi connectivity index (χ3n) is 12.7. The number of carbonyl (C=O) groups is 5. The van der Waals surface area contributed by atoms with Crippen LogP contribution in [0, 0.1) is 17.4 Å². The van der Waals surface area contributed by atoms with Crippen LogP contribution in [0.5, 0.6) is 5.75 Å². The lowest BCUT2D eigenvalue weighted by atomic mass is 9.49. The van der Waals surface area contributed by atoms with Crippen molar-refractivity contribution in [2.75, 3.05) is 11.5 Å². The summed E-state index contributed by atoms with van der Waals surface area (Å²) in [6.45, 7) is 18.3. The zero-order chi connectivity index (χ0) is 41.8. The molecular weight excluding hydrogens is 776 g/mol. The van der Waals surface area contributed by atoms with Gasteiger partial charge in [-0.2, -0.15) is 5.10 Å².